The molecule has 0 aliphatic heterocycles. The highest BCUT2D eigenvalue weighted by atomic mass is 16.6. The number of nitrogens with one attached hydrogen (secondary N) is 2. The van der Waals surface area contributed by atoms with E-state index in [1.165, 1.54) is 19.1 Å². The van der Waals surface area contributed by atoms with Gasteiger partial charge in [0.05, 0.1) is 5.56 Å². The van der Waals surface area contributed by atoms with Crippen LogP contribution in [0, 0.1) is 0 Å². The molecular formula is C22H26N2O5. The topological polar surface area (TPSA) is 93.7 Å². The Balaban J connectivity index is 1.90. The second-order valence-corrected chi connectivity index (χ2v) is 7.46. The largest absolute Gasteiger partial charge is 0.449 e. The second-order valence-electron chi connectivity index (χ2n) is 7.46. The quantitative estimate of drug-likeness (QED) is 0.720. The highest BCUT2D eigenvalue weighted by Gasteiger charge is 2.20. The van der Waals surface area contributed by atoms with Gasteiger partial charge in [0.25, 0.3) is 5.91 Å². The number of rotatable bonds is 6. The van der Waals surface area contributed by atoms with Gasteiger partial charge in [-0.1, -0.05) is 36.4 Å². The third-order valence-electron chi connectivity index (χ3n) is 3.71. The van der Waals surface area contributed by atoms with Gasteiger partial charge in [0.2, 0.25) is 0 Å². The Morgan fingerprint density at radius 2 is 1.69 bits per heavy atom. The lowest BCUT2D eigenvalue weighted by molar-refractivity contribution is -0.129. The van der Waals surface area contributed by atoms with Crippen LogP contribution in [-0.4, -0.2) is 29.7 Å². The van der Waals surface area contributed by atoms with Crippen LogP contribution in [0.3, 0.4) is 0 Å². The number of hydrogen-bond donors (Lipinski definition) is 2. The summed E-state index contributed by atoms with van der Waals surface area (Å²) in [5.41, 5.74) is 0.903. The molecule has 7 heteroatoms. The molecule has 2 rings (SSSR count). The first kappa shape index (κ1) is 21.9. The number of hydrogen-bond acceptors (Lipinski definition) is 5. The molecule has 0 unspecified atom stereocenters. The lowest BCUT2D eigenvalue weighted by Crippen LogP contribution is -2.35. The summed E-state index contributed by atoms with van der Waals surface area (Å²) in [6.07, 6.45) is -1.59. The second kappa shape index (κ2) is 9.73. The van der Waals surface area contributed by atoms with Gasteiger partial charge >= 0.3 is 12.1 Å². The molecule has 2 aromatic rings. The van der Waals surface area contributed by atoms with E-state index in [-0.39, 0.29) is 5.56 Å². The Labute approximate surface area is 170 Å². The third-order valence-corrected chi connectivity index (χ3v) is 3.71. The summed E-state index contributed by atoms with van der Waals surface area (Å²) in [6.45, 7) is 7.11. The van der Waals surface area contributed by atoms with E-state index in [1.807, 2.05) is 30.3 Å². The predicted molar refractivity (Wildman–Crippen MR) is 109 cm³/mol. The zero-order valence-electron chi connectivity index (χ0n) is 17.0. The lowest BCUT2D eigenvalue weighted by Gasteiger charge is -2.19. The number of benzene rings is 2. The summed E-state index contributed by atoms with van der Waals surface area (Å²) >= 11 is 0. The molecule has 0 heterocycles. The lowest BCUT2D eigenvalue weighted by atomic mass is 10.2. The molecule has 0 bridgehead atoms. The van der Waals surface area contributed by atoms with Crippen molar-refractivity contribution in [3.8, 4) is 0 Å². The Morgan fingerprint density at radius 3 is 2.34 bits per heavy atom. The van der Waals surface area contributed by atoms with Crippen molar-refractivity contribution in [3.05, 3.63) is 65.7 Å². The summed E-state index contributed by atoms with van der Waals surface area (Å²) in [4.78, 5) is 36.4. The minimum absolute atomic E-state index is 0.210. The summed E-state index contributed by atoms with van der Waals surface area (Å²) in [6, 6.07) is 15.6. The van der Waals surface area contributed by atoms with Crippen molar-refractivity contribution in [2.75, 3.05) is 5.32 Å². The van der Waals surface area contributed by atoms with Gasteiger partial charge in [-0.2, -0.15) is 0 Å². The van der Waals surface area contributed by atoms with Gasteiger partial charge < -0.3 is 14.8 Å². The van der Waals surface area contributed by atoms with E-state index in [2.05, 4.69) is 10.6 Å². The van der Waals surface area contributed by atoms with Crippen LogP contribution < -0.4 is 10.6 Å². The molecule has 0 saturated heterocycles. The van der Waals surface area contributed by atoms with Crippen LogP contribution >= 0.6 is 0 Å². The molecule has 0 spiro atoms. The molecule has 0 fully saturated rings. The highest BCUT2D eigenvalue weighted by molar-refractivity contribution is 5.94. The van der Waals surface area contributed by atoms with Gasteiger partial charge in [0, 0.05) is 12.2 Å². The van der Waals surface area contributed by atoms with E-state index in [0.29, 0.717) is 12.2 Å². The molecule has 0 aromatic heterocycles. The average Bonchev–Trinajstić information content (AvgIpc) is 2.65. The standard InChI is InChI=1S/C22H26N2O5/c1-15(19(25)23-14-16-9-6-5-7-10-16)28-20(26)17-11-8-12-18(13-17)24-21(27)29-22(2,3)4/h5-13,15H,14H2,1-4H3,(H,23,25)(H,24,27)/t15-/m1/s1. The van der Waals surface area contributed by atoms with Crippen molar-refractivity contribution in [2.45, 2.75) is 45.9 Å². The Hall–Kier alpha value is -3.35. The van der Waals surface area contributed by atoms with E-state index in [0.717, 1.165) is 5.56 Å². The number of carbonyl (C=O) groups excluding carboxylic acids is 3. The summed E-state index contributed by atoms with van der Waals surface area (Å²) in [7, 11) is 0. The number of carbonyl (C=O) groups is 3. The predicted octanol–water partition coefficient (Wildman–Crippen LogP) is 3.90. The Morgan fingerprint density at radius 1 is 1.00 bits per heavy atom. The molecule has 0 aliphatic rings. The SMILES string of the molecule is C[C@@H](OC(=O)c1cccc(NC(=O)OC(C)(C)C)c1)C(=O)NCc1ccccc1. The van der Waals surface area contributed by atoms with Crippen LogP contribution in [0.4, 0.5) is 10.5 Å². The summed E-state index contributed by atoms with van der Waals surface area (Å²) < 4.78 is 10.4. The minimum Gasteiger partial charge on any atom is -0.449 e. The van der Waals surface area contributed by atoms with Gasteiger partial charge in [-0.05, 0) is 51.5 Å². The van der Waals surface area contributed by atoms with E-state index in [1.54, 1.807) is 32.9 Å². The normalized spacial score (nSPS) is 11.9. The fraction of sp³-hybridized carbons (Fsp3) is 0.318. The van der Waals surface area contributed by atoms with Crippen molar-refractivity contribution in [1.29, 1.82) is 0 Å². The van der Waals surface area contributed by atoms with Crippen LogP contribution in [0.1, 0.15) is 43.6 Å². The fourth-order valence-corrected chi connectivity index (χ4v) is 2.36. The molecule has 29 heavy (non-hydrogen) atoms. The third kappa shape index (κ3) is 7.65. The number of ether oxygens (including phenoxy) is 2. The summed E-state index contributed by atoms with van der Waals surface area (Å²) in [5, 5.41) is 5.29. The molecule has 2 amide bonds. The van der Waals surface area contributed by atoms with Crippen molar-refractivity contribution < 1.29 is 23.9 Å². The maximum Gasteiger partial charge on any atom is 0.412 e. The van der Waals surface area contributed by atoms with Crippen LogP contribution in [0.25, 0.3) is 0 Å². The Kier molecular flexibility index (Phi) is 7.36. The molecule has 1 atom stereocenters. The maximum atomic E-state index is 12.4. The maximum absolute atomic E-state index is 12.4. The van der Waals surface area contributed by atoms with Crippen LogP contribution in [0.15, 0.2) is 54.6 Å². The number of esters is 1. The van der Waals surface area contributed by atoms with E-state index >= 15 is 0 Å². The molecule has 2 N–H and O–H groups in total. The first-order valence-corrected chi connectivity index (χ1v) is 9.27. The first-order chi connectivity index (χ1) is 13.6. The van der Waals surface area contributed by atoms with Gasteiger partial charge in [0.1, 0.15) is 5.60 Å². The monoisotopic (exact) mass is 398 g/mol. The molecule has 7 nitrogen and oxygen atoms in total. The van der Waals surface area contributed by atoms with Crippen LogP contribution in [0.2, 0.25) is 0 Å². The van der Waals surface area contributed by atoms with Gasteiger partial charge in [-0.25, -0.2) is 9.59 Å². The number of amides is 2. The number of anilines is 1. The Bertz CT molecular complexity index is 859. The fourth-order valence-electron chi connectivity index (χ4n) is 2.36. The van der Waals surface area contributed by atoms with E-state index in [9.17, 15) is 14.4 Å². The van der Waals surface area contributed by atoms with Gasteiger partial charge in [-0.3, -0.25) is 10.1 Å². The smallest absolute Gasteiger partial charge is 0.412 e. The van der Waals surface area contributed by atoms with Crippen molar-refractivity contribution in [3.63, 3.8) is 0 Å². The molecule has 0 aliphatic carbocycles. The van der Waals surface area contributed by atoms with Crippen molar-refractivity contribution >= 4 is 23.7 Å². The zero-order chi connectivity index (χ0) is 21.4. The zero-order valence-corrected chi connectivity index (χ0v) is 17.0. The van der Waals surface area contributed by atoms with Crippen molar-refractivity contribution in [2.24, 2.45) is 0 Å². The molecule has 0 saturated carbocycles. The van der Waals surface area contributed by atoms with Crippen LogP contribution in [-0.2, 0) is 20.8 Å². The first-order valence-electron chi connectivity index (χ1n) is 9.27. The van der Waals surface area contributed by atoms with Crippen LogP contribution in [0.5, 0.6) is 0 Å². The van der Waals surface area contributed by atoms with E-state index in [4.69, 9.17) is 9.47 Å². The highest BCUT2D eigenvalue weighted by Crippen LogP contribution is 2.15. The van der Waals surface area contributed by atoms with Crippen molar-refractivity contribution in [1.82, 2.24) is 5.32 Å². The van der Waals surface area contributed by atoms with Gasteiger partial charge in [-0.15, -0.1) is 0 Å². The summed E-state index contributed by atoms with van der Waals surface area (Å²) in [5.74, 6) is -1.06. The molecule has 0 radical (unpaired) electrons. The molecule has 2 aromatic carbocycles. The molecule has 154 valence electrons. The average molecular weight is 398 g/mol. The minimum atomic E-state index is -0.964. The van der Waals surface area contributed by atoms with E-state index < -0.39 is 29.7 Å². The van der Waals surface area contributed by atoms with Gasteiger partial charge in [0.15, 0.2) is 6.10 Å². The molecular weight excluding hydrogens is 372 g/mol.